The molecule has 20 heavy (non-hydrogen) atoms. The SMILES string of the molecule is CC1CCCN(CC2(N)C3CCCOC3C2(C)C)C1C. The van der Waals surface area contributed by atoms with Crippen molar-refractivity contribution in [2.45, 2.75) is 71.1 Å². The van der Waals surface area contributed by atoms with Gasteiger partial charge >= 0.3 is 0 Å². The average molecular weight is 280 g/mol. The number of likely N-dealkylation sites (tertiary alicyclic amines) is 1. The van der Waals surface area contributed by atoms with E-state index in [2.05, 4.69) is 32.6 Å². The molecule has 5 unspecified atom stereocenters. The van der Waals surface area contributed by atoms with E-state index in [0.29, 0.717) is 18.1 Å². The first kappa shape index (κ1) is 14.8. The molecule has 1 saturated carbocycles. The van der Waals surface area contributed by atoms with Crippen LogP contribution in [0, 0.1) is 17.3 Å². The van der Waals surface area contributed by atoms with Gasteiger partial charge in [-0.25, -0.2) is 0 Å². The van der Waals surface area contributed by atoms with Gasteiger partial charge in [-0.3, -0.25) is 4.90 Å². The Bertz CT molecular complexity index is 370. The van der Waals surface area contributed by atoms with E-state index in [1.54, 1.807) is 0 Å². The van der Waals surface area contributed by atoms with Gasteiger partial charge in [0.05, 0.1) is 6.10 Å². The van der Waals surface area contributed by atoms with Crippen molar-refractivity contribution in [1.82, 2.24) is 4.90 Å². The van der Waals surface area contributed by atoms with Crippen LogP contribution < -0.4 is 5.73 Å². The molecule has 2 heterocycles. The fraction of sp³-hybridized carbons (Fsp3) is 1.00. The molecule has 0 radical (unpaired) electrons. The summed E-state index contributed by atoms with van der Waals surface area (Å²) in [6.07, 6.45) is 5.52. The molecule has 0 aromatic heterocycles. The van der Waals surface area contributed by atoms with Gasteiger partial charge in [-0.1, -0.05) is 20.8 Å². The second kappa shape index (κ2) is 4.96. The molecule has 0 amide bonds. The Morgan fingerprint density at radius 1 is 1.20 bits per heavy atom. The Labute approximate surface area is 124 Å². The first-order valence-electron chi connectivity index (χ1n) is 8.52. The van der Waals surface area contributed by atoms with Gasteiger partial charge in [0.25, 0.3) is 0 Å². The van der Waals surface area contributed by atoms with Gasteiger partial charge in [-0.05, 0) is 45.1 Å². The second-order valence-electron chi connectivity index (χ2n) is 8.13. The Balaban J connectivity index is 1.75. The molecule has 0 aromatic carbocycles. The van der Waals surface area contributed by atoms with Crippen molar-refractivity contribution in [3.05, 3.63) is 0 Å². The summed E-state index contributed by atoms with van der Waals surface area (Å²) in [5.74, 6) is 1.37. The van der Waals surface area contributed by atoms with Crippen LogP contribution in [-0.2, 0) is 4.74 Å². The number of nitrogens with zero attached hydrogens (tertiary/aromatic N) is 1. The van der Waals surface area contributed by atoms with Crippen molar-refractivity contribution in [3.63, 3.8) is 0 Å². The molecule has 0 aromatic rings. The van der Waals surface area contributed by atoms with E-state index in [4.69, 9.17) is 10.5 Å². The summed E-state index contributed by atoms with van der Waals surface area (Å²) in [5.41, 5.74) is 7.00. The minimum Gasteiger partial charge on any atom is -0.377 e. The summed E-state index contributed by atoms with van der Waals surface area (Å²) in [5, 5.41) is 0. The van der Waals surface area contributed by atoms with E-state index < -0.39 is 0 Å². The van der Waals surface area contributed by atoms with Crippen LogP contribution >= 0.6 is 0 Å². The Kier molecular flexibility index (Phi) is 3.67. The number of piperidine rings is 1. The smallest absolute Gasteiger partial charge is 0.0690 e. The number of hydrogen-bond acceptors (Lipinski definition) is 3. The molecule has 3 rings (SSSR count). The summed E-state index contributed by atoms with van der Waals surface area (Å²) in [6, 6.07) is 0.670. The third-order valence-electron chi connectivity index (χ3n) is 6.86. The number of ether oxygens (including phenoxy) is 1. The normalized spacial score (nSPS) is 48.5. The summed E-state index contributed by atoms with van der Waals surface area (Å²) >= 11 is 0. The maximum absolute atomic E-state index is 6.95. The largest absolute Gasteiger partial charge is 0.377 e. The highest BCUT2D eigenvalue weighted by molar-refractivity contribution is 5.21. The first-order chi connectivity index (χ1) is 9.38. The average Bonchev–Trinajstić information content (AvgIpc) is 2.44. The quantitative estimate of drug-likeness (QED) is 0.845. The molecule has 1 aliphatic carbocycles. The van der Waals surface area contributed by atoms with Gasteiger partial charge in [-0.2, -0.15) is 0 Å². The van der Waals surface area contributed by atoms with Crippen LogP contribution in [0.1, 0.15) is 53.4 Å². The highest BCUT2D eigenvalue weighted by Crippen LogP contribution is 2.57. The van der Waals surface area contributed by atoms with E-state index in [0.717, 1.165) is 19.1 Å². The maximum atomic E-state index is 6.95. The van der Waals surface area contributed by atoms with E-state index in [9.17, 15) is 0 Å². The van der Waals surface area contributed by atoms with Gasteiger partial charge in [-0.15, -0.1) is 0 Å². The molecule has 2 N–H and O–H groups in total. The summed E-state index contributed by atoms with van der Waals surface area (Å²) in [7, 11) is 0. The van der Waals surface area contributed by atoms with Crippen LogP contribution in [0.4, 0.5) is 0 Å². The maximum Gasteiger partial charge on any atom is 0.0690 e. The van der Waals surface area contributed by atoms with Crippen LogP contribution in [-0.4, -0.2) is 42.3 Å². The van der Waals surface area contributed by atoms with E-state index in [-0.39, 0.29) is 11.0 Å². The lowest BCUT2D eigenvalue weighted by Crippen LogP contribution is -2.81. The zero-order chi connectivity index (χ0) is 14.5. The topological polar surface area (TPSA) is 38.5 Å². The Morgan fingerprint density at radius 2 is 1.95 bits per heavy atom. The molecule has 2 aliphatic heterocycles. The fourth-order valence-electron chi connectivity index (χ4n) is 4.97. The van der Waals surface area contributed by atoms with E-state index >= 15 is 0 Å². The predicted molar refractivity (Wildman–Crippen MR) is 82.6 cm³/mol. The standard InChI is InChI=1S/C17H32N2O/c1-12-7-5-9-19(13(12)2)11-17(18)14-8-6-10-20-15(14)16(17,3)4/h12-15H,5-11,18H2,1-4H3. The lowest BCUT2D eigenvalue weighted by Gasteiger charge is -2.68. The molecule has 2 saturated heterocycles. The highest BCUT2D eigenvalue weighted by Gasteiger charge is 2.66. The molecule has 3 fully saturated rings. The molecule has 5 atom stereocenters. The van der Waals surface area contributed by atoms with Crippen molar-refractivity contribution in [3.8, 4) is 0 Å². The van der Waals surface area contributed by atoms with Gasteiger partial charge in [0, 0.05) is 36.1 Å². The van der Waals surface area contributed by atoms with Crippen LogP contribution in [0.3, 0.4) is 0 Å². The predicted octanol–water partition coefficient (Wildman–Crippen LogP) is 2.64. The van der Waals surface area contributed by atoms with Gasteiger partial charge < -0.3 is 10.5 Å². The van der Waals surface area contributed by atoms with Gasteiger partial charge in [0.2, 0.25) is 0 Å². The molecule has 3 heteroatoms. The molecule has 3 aliphatic rings. The zero-order valence-corrected chi connectivity index (χ0v) is 13.7. The van der Waals surface area contributed by atoms with Crippen molar-refractivity contribution in [1.29, 1.82) is 0 Å². The summed E-state index contributed by atoms with van der Waals surface area (Å²) in [6.45, 7) is 12.6. The minimum absolute atomic E-state index is 0.0661. The molecule has 0 spiro atoms. The van der Waals surface area contributed by atoms with Crippen LogP contribution in [0.25, 0.3) is 0 Å². The van der Waals surface area contributed by atoms with E-state index in [1.807, 2.05) is 0 Å². The Hall–Kier alpha value is -0.120. The van der Waals surface area contributed by atoms with Gasteiger partial charge in [0.1, 0.15) is 0 Å². The molecule has 3 nitrogen and oxygen atoms in total. The number of hydrogen-bond donors (Lipinski definition) is 1. The van der Waals surface area contributed by atoms with Crippen molar-refractivity contribution < 1.29 is 4.74 Å². The number of nitrogens with two attached hydrogens (primary N) is 1. The first-order valence-corrected chi connectivity index (χ1v) is 8.52. The molecule has 116 valence electrons. The summed E-state index contributed by atoms with van der Waals surface area (Å²) in [4.78, 5) is 2.65. The second-order valence-corrected chi connectivity index (χ2v) is 8.13. The molecule has 0 bridgehead atoms. The number of rotatable bonds is 2. The monoisotopic (exact) mass is 280 g/mol. The van der Waals surface area contributed by atoms with E-state index in [1.165, 1.54) is 32.2 Å². The van der Waals surface area contributed by atoms with Crippen LogP contribution in [0.5, 0.6) is 0 Å². The van der Waals surface area contributed by atoms with Crippen molar-refractivity contribution >= 4 is 0 Å². The van der Waals surface area contributed by atoms with Crippen LogP contribution in [0.15, 0.2) is 0 Å². The zero-order valence-electron chi connectivity index (χ0n) is 13.7. The fourth-order valence-corrected chi connectivity index (χ4v) is 4.97. The van der Waals surface area contributed by atoms with Gasteiger partial charge in [0.15, 0.2) is 0 Å². The lowest BCUT2D eigenvalue weighted by atomic mass is 9.46. The van der Waals surface area contributed by atoms with Crippen LogP contribution in [0.2, 0.25) is 0 Å². The minimum atomic E-state index is -0.0661. The summed E-state index contributed by atoms with van der Waals surface area (Å²) < 4.78 is 6.03. The Morgan fingerprint density at radius 3 is 2.70 bits per heavy atom. The molecular weight excluding hydrogens is 248 g/mol. The third kappa shape index (κ3) is 1.97. The highest BCUT2D eigenvalue weighted by atomic mass is 16.5. The van der Waals surface area contributed by atoms with Crippen molar-refractivity contribution in [2.24, 2.45) is 23.0 Å². The van der Waals surface area contributed by atoms with Crippen molar-refractivity contribution in [2.75, 3.05) is 19.7 Å². The molecular formula is C17H32N2O. The number of fused-ring (bicyclic) bond motifs is 1. The third-order valence-corrected chi connectivity index (χ3v) is 6.86. The lowest BCUT2D eigenvalue weighted by molar-refractivity contribution is -0.234.